The molecule has 1 atom stereocenters. The number of nitrogens with zero attached hydrogens (tertiary/aromatic N) is 2. The van der Waals surface area contributed by atoms with Crippen LogP contribution in [0.1, 0.15) is 6.92 Å². The largest absolute Gasteiger partial charge is 0.497 e. The summed E-state index contributed by atoms with van der Waals surface area (Å²) in [4.78, 5) is 16.8. The van der Waals surface area contributed by atoms with Crippen molar-refractivity contribution in [3.8, 4) is 11.5 Å². The Morgan fingerprint density at radius 1 is 0.960 bits per heavy atom. The molecular formula is C20H24N2O3. The van der Waals surface area contributed by atoms with Gasteiger partial charge in [-0.2, -0.15) is 0 Å². The van der Waals surface area contributed by atoms with Gasteiger partial charge in [-0.1, -0.05) is 24.3 Å². The van der Waals surface area contributed by atoms with E-state index in [0.717, 1.165) is 30.3 Å². The number of rotatable bonds is 5. The Balaban J connectivity index is 1.55. The van der Waals surface area contributed by atoms with Gasteiger partial charge in [-0.15, -0.1) is 0 Å². The summed E-state index contributed by atoms with van der Waals surface area (Å²) in [5, 5.41) is 0. The standard InChI is InChI=1S/C20H24N2O3/c1-16(25-18-8-4-3-5-9-18)20(23)22-13-11-21(12-14-22)17-7-6-10-19(15-17)24-2/h3-10,15-16H,11-14H2,1-2H3. The van der Waals surface area contributed by atoms with Crippen LogP contribution in [0, 0.1) is 0 Å². The Labute approximate surface area is 148 Å². The fraction of sp³-hybridized carbons (Fsp3) is 0.350. The maximum atomic E-state index is 12.6. The van der Waals surface area contributed by atoms with Gasteiger partial charge in [-0.3, -0.25) is 4.79 Å². The van der Waals surface area contributed by atoms with E-state index in [4.69, 9.17) is 9.47 Å². The van der Waals surface area contributed by atoms with Gasteiger partial charge in [-0.25, -0.2) is 0 Å². The molecule has 3 rings (SSSR count). The highest BCUT2D eigenvalue weighted by Crippen LogP contribution is 2.22. The lowest BCUT2D eigenvalue weighted by atomic mass is 10.2. The lowest BCUT2D eigenvalue weighted by molar-refractivity contribution is -0.138. The predicted octanol–water partition coefficient (Wildman–Crippen LogP) is 2.81. The molecule has 2 aromatic rings. The molecule has 0 spiro atoms. The summed E-state index contributed by atoms with van der Waals surface area (Å²) in [6, 6.07) is 17.5. The van der Waals surface area contributed by atoms with Crippen LogP contribution < -0.4 is 14.4 Å². The van der Waals surface area contributed by atoms with Crippen molar-refractivity contribution >= 4 is 11.6 Å². The number of anilines is 1. The van der Waals surface area contributed by atoms with E-state index in [2.05, 4.69) is 11.0 Å². The number of piperazine rings is 1. The summed E-state index contributed by atoms with van der Waals surface area (Å²) in [5.41, 5.74) is 1.13. The number of methoxy groups -OCH3 is 1. The average molecular weight is 340 g/mol. The van der Waals surface area contributed by atoms with Crippen LogP contribution in [0.25, 0.3) is 0 Å². The fourth-order valence-electron chi connectivity index (χ4n) is 3.00. The minimum atomic E-state index is -0.481. The highest BCUT2D eigenvalue weighted by atomic mass is 16.5. The fourth-order valence-corrected chi connectivity index (χ4v) is 3.00. The van der Waals surface area contributed by atoms with Gasteiger partial charge in [0.05, 0.1) is 7.11 Å². The maximum absolute atomic E-state index is 12.6. The molecule has 0 saturated carbocycles. The minimum Gasteiger partial charge on any atom is -0.497 e. The van der Waals surface area contributed by atoms with Crippen LogP contribution in [-0.4, -0.2) is 50.2 Å². The average Bonchev–Trinajstić information content (AvgIpc) is 2.68. The molecule has 0 radical (unpaired) electrons. The molecule has 1 saturated heterocycles. The van der Waals surface area contributed by atoms with E-state index in [9.17, 15) is 4.79 Å². The molecule has 5 nitrogen and oxygen atoms in total. The number of carbonyl (C=O) groups excluding carboxylic acids is 1. The number of para-hydroxylation sites is 1. The van der Waals surface area contributed by atoms with E-state index in [-0.39, 0.29) is 5.91 Å². The van der Waals surface area contributed by atoms with Gasteiger partial charge in [-0.05, 0) is 31.2 Å². The van der Waals surface area contributed by atoms with Crippen LogP contribution >= 0.6 is 0 Å². The molecule has 132 valence electrons. The van der Waals surface area contributed by atoms with Crippen molar-refractivity contribution in [3.05, 3.63) is 54.6 Å². The Bertz CT molecular complexity index is 697. The molecule has 1 aliphatic rings. The van der Waals surface area contributed by atoms with E-state index in [1.807, 2.05) is 60.4 Å². The normalized spacial score (nSPS) is 15.6. The molecule has 2 aromatic carbocycles. The summed E-state index contributed by atoms with van der Waals surface area (Å²) >= 11 is 0. The zero-order chi connectivity index (χ0) is 17.6. The molecule has 1 fully saturated rings. The monoisotopic (exact) mass is 340 g/mol. The minimum absolute atomic E-state index is 0.0362. The molecule has 0 aliphatic carbocycles. The molecule has 0 aromatic heterocycles. The number of carbonyl (C=O) groups is 1. The Morgan fingerprint density at radius 2 is 1.64 bits per heavy atom. The van der Waals surface area contributed by atoms with Gasteiger partial charge in [0.1, 0.15) is 11.5 Å². The lowest BCUT2D eigenvalue weighted by Gasteiger charge is -2.37. The second-order valence-corrected chi connectivity index (χ2v) is 6.09. The first-order valence-electron chi connectivity index (χ1n) is 8.57. The van der Waals surface area contributed by atoms with Crippen LogP contribution in [0.15, 0.2) is 54.6 Å². The predicted molar refractivity (Wildman–Crippen MR) is 98.3 cm³/mol. The molecule has 0 bridgehead atoms. The second kappa shape index (κ2) is 7.92. The third kappa shape index (κ3) is 4.24. The molecule has 1 aliphatic heterocycles. The van der Waals surface area contributed by atoms with Crippen LogP contribution in [-0.2, 0) is 4.79 Å². The molecule has 1 unspecified atom stereocenters. The molecule has 1 amide bonds. The third-order valence-corrected chi connectivity index (χ3v) is 4.41. The van der Waals surface area contributed by atoms with Crippen molar-refractivity contribution in [2.75, 3.05) is 38.2 Å². The number of ether oxygens (including phenoxy) is 2. The van der Waals surface area contributed by atoms with E-state index in [1.54, 1.807) is 7.11 Å². The first-order chi connectivity index (χ1) is 12.2. The zero-order valence-electron chi connectivity index (χ0n) is 14.7. The Morgan fingerprint density at radius 3 is 2.32 bits per heavy atom. The van der Waals surface area contributed by atoms with Crippen LogP contribution in [0.2, 0.25) is 0 Å². The summed E-state index contributed by atoms with van der Waals surface area (Å²) in [5.74, 6) is 1.61. The van der Waals surface area contributed by atoms with Crippen LogP contribution in [0.3, 0.4) is 0 Å². The molecular weight excluding hydrogens is 316 g/mol. The van der Waals surface area contributed by atoms with Gasteiger partial charge in [0.25, 0.3) is 5.91 Å². The van der Waals surface area contributed by atoms with Gasteiger partial charge in [0.15, 0.2) is 6.10 Å². The first kappa shape index (κ1) is 17.1. The van der Waals surface area contributed by atoms with Crippen molar-refractivity contribution in [1.29, 1.82) is 0 Å². The van der Waals surface area contributed by atoms with Gasteiger partial charge >= 0.3 is 0 Å². The topological polar surface area (TPSA) is 42.0 Å². The van der Waals surface area contributed by atoms with Crippen molar-refractivity contribution in [2.45, 2.75) is 13.0 Å². The number of hydrogen-bond donors (Lipinski definition) is 0. The maximum Gasteiger partial charge on any atom is 0.263 e. The highest BCUT2D eigenvalue weighted by molar-refractivity contribution is 5.81. The van der Waals surface area contributed by atoms with E-state index < -0.39 is 6.10 Å². The molecule has 5 heteroatoms. The summed E-state index contributed by atoms with van der Waals surface area (Å²) in [6.07, 6.45) is -0.481. The van der Waals surface area contributed by atoms with E-state index in [1.165, 1.54) is 0 Å². The van der Waals surface area contributed by atoms with Crippen molar-refractivity contribution in [3.63, 3.8) is 0 Å². The molecule has 25 heavy (non-hydrogen) atoms. The Kier molecular flexibility index (Phi) is 5.43. The third-order valence-electron chi connectivity index (χ3n) is 4.41. The quantitative estimate of drug-likeness (QED) is 0.839. The zero-order valence-corrected chi connectivity index (χ0v) is 14.7. The summed E-state index contributed by atoms with van der Waals surface area (Å²) in [6.45, 7) is 4.80. The van der Waals surface area contributed by atoms with E-state index >= 15 is 0 Å². The second-order valence-electron chi connectivity index (χ2n) is 6.09. The van der Waals surface area contributed by atoms with Crippen LogP contribution in [0.4, 0.5) is 5.69 Å². The van der Waals surface area contributed by atoms with Gasteiger partial charge in [0, 0.05) is 37.9 Å². The van der Waals surface area contributed by atoms with Crippen LogP contribution in [0.5, 0.6) is 11.5 Å². The van der Waals surface area contributed by atoms with E-state index in [0.29, 0.717) is 13.1 Å². The van der Waals surface area contributed by atoms with Crippen molar-refractivity contribution in [1.82, 2.24) is 4.90 Å². The number of amides is 1. The molecule has 0 N–H and O–H groups in total. The summed E-state index contributed by atoms with van der Waals surface area (Å²) in [7, 11) is 1.67. The SMILES string of the molecule is COc1cccc(N2CCN(C(=O)C(C)Oc3ccccc3)CC2)c1. The summed E-state index contributed by atoms with van der Waals surface area (Å²) < 4.78 is 11.0. The lowest BCUT2D eigenvalue weighted by Crippen LogP contribution is -2.52. The first-order valence-corrected chi connectivity index (χ1v) is 8.57. The highest BCUT2D eigenvalue weighted by Gasteiger charge is 2.26. The molecule has 1 heterocycles. The van der Waals surface area contributed by atoms with Gasteiger partial charge < -0.3 is 19.3 Å². The number of benzene rings is 2. The van der Waals surface area contributed by atoms with Crippen molar-refractivity contribution in [2.24, 2.45) is 0 Å². The van der Waals surface area contributed by atoms with Crippen molar-refractivity contribution < 1.29 is 14.3 Å². The Hall–Kier alpha value is -2.69. The number of hydrogen-bond acceptors (Lipinski definition) is 4. The van der Waals surface area contributed by atoms with Gasteiger partial charge in [0.2, 0.25) is 0 Å². The smallest absolute Gasteiger partial charge is 0.263 e.